The fourth-order valence-electron chi connectivity index (χ4n) is 4.16. The van der Waals surface area contributed by atoms with E-state index in [9.17, 15) is 5.11 Å². The summed E-state index contributed by atoms with van der Waals surface area (Å²) in [6.07, 6.45) is 6.39. The van der Waals surface area contributed by atoms with E-state index in [2.05, 4.69) is 41.3 Å². The smallest absolute Gasteiger partial charge is 0.0687 e. The van der Waals surface area contributed by atoms with Gasteiger partial charge in [-0.2, -0.15) is 5.26 Å². The average Bonchev–Trinajstić information content (AvgIpc) is 2.48. The Bertz CT molecular complexity index is 494. The number of aliphatic hydroxyl groups is 1. The molecule has 2 aliphatic rings. The van der Waals surface area contributed by atoms with Gasteiger partial charge in [-0.25, -0.2) is 0 Å². The summed E-state index contributed by atoms with van der Waals surface area (Å²) < 4.78 is 0. The molecule has 1 N–H and O–H groups in total. The Morgan fingerprint density at radius 1 is 1.19 bits per heavy atom. The molecule has 112 valence electrons. The minimum Gasteiger partial charge on any atom is -0.390 e. The van der Waals surface area contributed by atoms with Crippen LogP contribution in [0, 0.1) is 11.3 Å². The van der Waals surface area contributed by atoms with Crippen LogP contribution >= 0.6 is 0 Å². The largest absolute Gasteiger partial charge is 0.390 e. The van der Waals surface area contributed by atoms with Crippen LogP contribution in [0.25, 0.3) is 0 Å². The molecular weight excluding hydrogens is 260 g/mol. The van der Waals surface area contributed by atoms with Crippen molar-refractivity contribution in [1.29, 1.82) is 5.26 Å². The fourth-order valence-corrected chi connectivity index (χ4v) is 4.16. The zero-order valence-corrected chi connectivity index (χ0v) is 12.5. The number of piperidine rings is 2. The predicted octanol–water partition coefficient (Wildman–Crippen LogP) is 3.24. The first kappa shape index (κ1) is 14.6. The van der Waals surface area contributed by atoms with Crippen molar-refractivity contribution in [2.75, 3.05) is 0 Å². The second-order valence-electron chi connectivity index (χ2n) is 6.69. The van der Waals surface area contributed by atoms with E-state index in [4.69, 9.17) is 5.26 Å². The molecule has 2 heterocycles. The Morgan fingerprint density at radius 2 is 1.86 bits per heavy atom. The van der Waals surface area contributed by atoms with Gasteiger partial charge in [0.2, 0.25) is 0 Å². The van der Waals surface area contributed by atoms with Crippen LogP contribution in [0.4, 0.5) is 0 Å². The lowest BCUT2D eigenvalue weighted by Gasteiger charge is -2.52. The minimum atomic E-state index is -0.612. The van der Waals surface area contributed by atoms with Crippen molar-refractivity contribution in [1.82, 2.24) is 4.90 Å². The molecule has 21 heavy (non-hydrogen) atoms. The first-order chi connectivity index (χ1) is 10.2. The third kappa shape index (κ3) is 3.28. The standard InChI is InChI=1S/C18H24N2O/c19-11-5-10-18(21)12-16-8-4-9-17(13-18)20(16)14-15-6-2-1-3-7-15/h1-3,6-7,16-17,21H,4-5,8-10,12-14H2. The van der Waals surface area contributed by atoms with Gasteiger partial charge in [0.05, 0.1) is 11.7 Å². The van der Waals surface area contributed by atoms with Crippen LogP contribution in [0.3, 0.4) is 0 Å². The summed E-state index contributed by atoms with van der Waals surface area (Å²) in [6.45, 7) is 0.991. The van der Waals surface area contributed by atoms with Gasteiger partial charge in [0, 0.05) is 25.0 Å². The third-order valence-corrected chi connectivity index (χ3v) is 5.15. The number of benzene rings is 1. The molecule has 0 aromatic heterocycles. The zero-order valence-electron chi connectivity index (χ0n) is 12.5. The lowest BCUT2D eigenvalue weighted by atomic mass is 9.73. The van der Waals surface area contributed by atoms with Crippen LogP contribution in [0.15, 0.2) is 30.3 Å². The molecule has 2 aliphatic heterocycles. The molecule has 0 radical (unpaired) electrons. The van der Waals surface area contributed by atoms with Crippen LogP contribution in [0.2, 0.25) is 0 Å². The molecular formula is C18H24N2O. The van der Waals surface area contributed by atoms with E-state index in [0.29, 0.717) is 24.9 Å². The van der Waals surface area contributed by atoms with E-state index in [0.717, 1.165) is 19.4 Å². The number of nitriles is 1. The molecule has 3 rings (SSSR count). The van der Waals surface area contributed by atoms with Gasteiger partial charge >= 0.3 is 0 Å². The molecule has 1 aromatic rings. The molecule has 0 aliphatic carbocycles. The van der Waals surface area contributed by atoms with Crippen molar-refractivity contribution in [3.8, 4) is 6.07 Å². The summed E-state index contributed by atoms with van der Waals surface area (Å²) in [5, 5.41) is 19.6. The number of nitrogens with zero attached hydrogens (tertiary/aromatic N) is 2. The van der Waals surface area contributed by atoms with E-state index in [-0.39, 0.29) is 0 Å². The first-order valence-electron chi connectivity index (χ1n) is 8.09. The fraction of sp³-hybridized carbons (Fsp3) is 0.611. The number of fused-ring (bicyclic) bond motifs is 2. The second kappa shape index (κ2) is 6.17. The molecule has 2 fully saturated rings. The maximum Gasteiger partial charge on any atom is 0.0687 e. The van der Waals surface area contributed by atoms with Crippen molar-refractivity contribution in [3.63, 3.8) is 0 Å². The van der Waals surface area contributed by atoms with Crippen molar-refractivity contribution in [2.45, 2.75) is 69.2 Å². The van der Waals surface area contributed by atoms with Gasteiger partial charge in [0.1, 0.15) is 0 Å². The predicted molar refractivity (Wildman–Crippen MR) is 82.4 cm³/mol. The number of hydrogen-bond donors (Lipinski definition) is 1. The Labute approximate surface area is 127 Å². The molecule has 2 unspecified atom stereocenters. The van der Waals surface area contributed by atoms with Gasteiger partial charge in [-0.15, -0.1) is 0 Å². The lowest BCUT2D eigenvalue weighted by molar-refractivity contribution is -0.0983. The lowest BCUT2D eigenvalue weighted by Crippen LogP contribution is -2.57. The third-order valence-electron chi connectivity index (χ3n) is 5.15. The van der Waals surface area contributed by atoms with Crippen LogP contribution in [0.5, 0.6) is 0 Å². The Morgan fingerprint density at radius 3 is 2.48 bits per heavy atom. The van der Waals surface area contributed by atoms with Crippen LogP contribution in [0.1, 0.15) is 50.5 Å². The molecule has 2 bridgehead atoms. The summed E-state index contributed by atoms with van der Waals surface area (Å²) in [5.41, 5.74) is 0.746. The van der Waals surface area contributed by atoms with Gasteiger partial charge in [0.15, 0.2) is 0 Å². The molecule has 0 saturated carbocycles. The highest BCUT2D eigenvalue weighted by atomic mass is 16.3. The Hall–Kier alpha value is -1.37. The summed E-state index contributed by atoms with van der Waals surface area (Å²) in [7, 11) is 0. The molecule has 2 saturated heterocycles. The monoisotopic (exact) mass is 284 g/mol. The van der Waals surface area contributed by atoms with Crippen molar-refractivity contribution in [2.24, 2.45) is 0 Å². The maximum atomic E-state index is 10.8. The highest BCUT2D eigenvalue weighted by molar-refractivity contribution is 5.15. The van der Waals surface area contributed by atoms with E-state index in [1.807, 2.05) is 0 Å². The maximum absolute atomic E-state index is 10.8. The van der Waals surface area contributed by atoms with Gasteiger partial charge < -0.3 is 5.11 Å². The molecule has 2 atom stereocenters. The molecule has 1 aromatic carbocycles. The SMILES string of the molecule is N#CCCC1(O)CC2CCCC(C1)N2Cc1ccccc1. The average molecular weight is 284 g/mol. The number of hydrogen-bond acceptors (Lipinski definition) is 3. The van der Waals surface area contributed by atoms with Crippen LogP contribution in [-0.4, -0.2) is 27.7 Å². The highest BCUT2D eigenvalue weighted by Crippen LogP contribution is 2.41. The topological polar surface area (TPSA) is 47.3 Å². The van der Waals surface area contributed by atoms with Gasteiger partial charge in [0.25, 0.3) is 0 Å². The summed E-state index contributed by atoms with van der Waals surface area (Å²) in [6, 6.07) is 13.8. The summed E-state index contributed by atoms with van der Waals surface area (Å²) >= 11 is 0. The van der Waals surface area contributed by atoms with E-state index >= 15 is 0 Å². The van der Waals surface area contributed by atoms with Gasteiger partial charge in [-0.05, 0) is 37.7 Å². The van der Waals surface area contributed by atoms with E-state index < -0.39 is 5.60 Å². The quantitative estimate of drug-likeness (QED) is 0.923. The first-order valence-corrected chi connectivity index (χ1v) is 8.09. The van der Waals surface area contributed by atoms with Crippen molar-refractivity contribution >= 4 is 0 Å². The van der Waals surface area contributed by atoms with Gasteiger partial charge in [-0.1, -0.05) is 36.8 Å². The number of rotatable bonds is 4. The second-order valence-corrected chi connectivity index (χ2v) is 6.69. The van der Waals surface area contributed by atoms with Crippen molar-refractivity contribution < 1.29 is 5.11 Å². The molecule has 0 spiro atoms. The zero-order chi connectivity index (χ0) is 14.7. The highest BCUT2D eigenvalue weighted by Gasteiger charge is 2.44. The van der Waals surface area contributed by atoms with E-state index in [1.54, 1.807) is 0 Å². The summed E-state index contributed by atoms with van der Waals surface area (Å²) in [4.78, 5) is 2.60. The molecule has 0 amide bonds. The molecule has 3 heteroatoms. The van der Waals surface area contributed by atoms with Crippen molar-refractivity contribution in [3.05, 3.63) is 35.9 Å². The minimum absolute atomic E-state index is 0.467. The summed E-state index contributed by atoms with van der Waals surface area (Å²) in [5.74, 6) is 0. The van der Waals surface area contributed by atoms with Crippen LogP contribution < -0.4 is 0 Å². The van der Waals surface area contributed by atoms with E-state index in [1.165, 1.54) is 24.8 Å². The molecule has 3 nitrogen and oxygen atoms in total. The Kier molecular flexibility index (Phi) is 4.28. The Balaban J connectivity index is 1.72. The normalized spacial score (nSPS) is 32.6. The van der Waals surface area contributed by atoms with Gasteiger partial charge in [-0.3, -0.25) is 4.90 Å². The van der Waals surface area contributed by atoms with Crippen LogP contribution in [-0.2, 0) is 6.54 Å².